The Bertz CT molecular complexity index is 464. The number of rotatable bonds is 5. The molecule has 104 valence electrons. The average Bonchev–Trinajstić information content (AvgIpc) is 2.75. The summed E-state index contributed by atoms with van der Waals surface area (Å²) in [6.45, 7) is 1.79. The van der Waals surface area contributed by atoms with Gasteiger partial charge in [-0.15, -0.1) is 0 Å². The van der Waals surface area contributed by atoms with Gasteiger partial charge in [0.25, 0.3) is 0 Å². The Morgan fingerprint density at radius 2 is 2.37 bits per heavy atom. The Kier molecular flexibility index (Phi) is 4.66. The molecule has 4 nitrogen and oxygen atoms in total. The summed E-state index contributed by atoms with van der Waals surface area (Å²) in [4.78, 5) is 2.37. The summed E-state index contributed by atoms with van der Waals surface area (Å²) in [5, 5.41) is 8.12. The highest BCUT2D eigenvalue weighted by molar-refractivity contribution is 6.30. The molecule has 1 unspecified atom stereocenters. The van der Waals surface area contributed by atoms with Crippen LogP contribution < -0.4 is 10.5 Å². The van der Waals surface area contributed by atoms with Crippen molar-refractivity contribution in [2.75, 3.05) is 20.2 Å². The van der Waals surface area contributed by atoms with Gasteiger partial charge in [0.2, 0.25) is 0 Å². The molecule has 0 radical (unpaired) electrons. The van der Waals surface area contributed by atoms with Gasteiger partial charge >= 0.3 is 0 Å². The number of nitrogens with one attached hydrogen (secondary N) is 1. The van der Waals surface area contributed by atoms with Crippen LogP contribution in [0.15, 0.2) is 18.2 Å². The minimum Gasteiger partial charge on any atom is -0.493 e. The first-order chi connectivity index (χ1) is 9.08. The number of amidine groups is 1. The van der Waals surface area contributed by atoms with Crippen molar-refractivity contribution < 1.29 is 4.74 Å². The third-order valence-corrected chi connectivity index (χ3v) is 3.85. The predicted molar refractivity (Wildman–Crippen MR) is 78.2 cm³/mol. The third-order valence-electron chi connectivity index (χ3n) is 3.61. The number of nitrogens with two attached hydrogens (primary N) is 1. The summed E-state index contributed by atoms with van der Waals surface area (Å²) in [5.74, 6) is 0.602. The Hall–Kier alpha value is -1.26. The zero-order valence-electron chi connectivity index (χ0n) is 11.2. The van der Waals surface area contributed by atoms with Crippen molar-refractivity contribution in [3.8, 4) is 5.75 Å². The van der Waals surface area contributed by atoms with Crippen molar-refractivity contribution in [1.29, 1.82) is 5.41 Å². The van der Waals surface area contributed by atoms with Crippen molar-refractivity contribution in [3.63, 3.8) is 0 Å². The lowest BCUT2D eigenvalue weighted by molar-refractivity contribution is 0.233. The van der Waals surface area contributed by atoms with E-state index in [4.69, 9.17) is 27.5 Å². The van der Waals surface area contributed by atoms with Crippen LogP contribution in [0.2, 0.25) is 5.02 Å². The van der Waals surface area contributed by atoms with E-state index in [1.807, 2.05) is 0 Å². The van der Waals surface area contributed by atoms with Gasteiger partial charge in [0.05, 0.1) is 12.2 Å². The summed E-state index contributed by atoms with van der Waals surface area (Å²) in [5.41, 5.74) is 6.13. The smallest absolute Gasteiger partial charge is 0.131 e. The molecule has 1 atom stereocenters. The molecule has 1 fully saturated rings. The predicted octanol–water partition coefficient (Wildman–Crippen LogP) is 2.49. The molecule has 1 aliphatic heterocycles. The van der Waals surface area contributed by atoms with Crippen LogP contribution in [0.5, 0.6) is 5.75 Å². The highest BCUT2D eigenvalue weighted by Crippen LogP contribution is 2.24. The quantitative estimate of drug-likeness (QED) is 0.644. The zero-order chi connectivity index (χ0) is 13.8. The number of nitrogens with zero attached hydrogens (tertiary/aromatic N) is 1. The van der Waals surface area contributed by atoms with Gasteiger partial charge in [0.1, 0.15) is 11.6 Å². The minimum absolute atomic E-state index is 0.00431. The van der Waals surface area contributed by atoms with Gasteiger partial charge < -0.3 is 15.4 Å². The van der Waals surface area contributed by atoms with E-state index in [9.17, 15) is 0 Å². The lowest BCUT2D eigenvalue weighted by Gasteiger charge is -2.19. The van der Waals surface area contributed by atoms with Crippen LogP contribution >= 0.6 is 11.6 Å². The molecular formula is C14H20ClN3O. The number of halogens is 1. The molecule has 1 aliphatic rings. The Morgan fingerprint density at radius 1 is 1.58 bits per heavy atom. The molecule has 0 aromatic heterocycles. The molecule has 1 heterocycles. The molecule has 1 aromatic carbocycles. The second-order valence-electron chi connectivity index (χ2n) is 4.97. The van der Waals surface area contributed by atoms with E-state index < -0.39 is 0 Å². The summed E-state index contributed by atoms with van der Waals surface area (Å²) in [6.07, 6.45) is 3.48. The molecular weight excluding hydrogens is 262 g/mol. The lowest BCUT2D eigenvalue weighted by Crippen LogP contribution is -2.26. The van der Waals surface area contributed by atoms with Gasteiger partial charge in [-0.25, -0.2) is 0 Å². The van der Waals surface area contributed by atoms with Gasteiger partial charge in [-0.3, -0.25) is 5.41 Å². The van der Waals surface area contributed by atoms with Gasteiger partial charge in [-0.2, -0.15) is 0 Å². The van der Waals surface area contributed by atoms with Crippen molar-refractivity contribution in [2.24, 2.45) is 5.73 Å². The molecule has 0 saturated carbocycles. The number of ether oxygens (including phenoxy) is 1. The van der Waals surface area contributed by atoms with Crippen LogP contribution in [0.25, 0.3) is 0 Å². The van der Waals surface area contributed by atoms with Crippen LogP contribution in [0, 0.1) is 5.41 Å². The van der Waals surface area contributed by atoms with Crippen molar-refractivity contribution >= 4 is 17.4 Å². The number of benzene rings is 1. The fourth-order valence-corrected chi connectivity index (χ4v) is 2.65. The normalized spacial score (nSPS) is 19.6. The average molecular weight is 282 g/mol. The molecule has 1 saturated heterocycles. The number of nitrogen functional groups attached to an aromatic ring is 1. The number of likely N-dealkylation sites (tertiary alicyclic amines) is 1. The lowest BCUT2D eigenvalue weighted by atomic mass is 10.1. The zero-order valence-corrected chi connectivity index (χ0v) is 11.9. The molecule has 5 heteroatoms. The molecule has 0 aliphatic carbocycles. The van der Waals surface area contributed by atoms with Crippen LogP contribution in [0.4, 0.5) is 0 Å². The SMILES string of the molecule is CN1CCCC1CCOc1cc(Cl)ccc1C(=N)N. The molecule has 0 amide bonds. The molecule has 19 heavy (non-hydrogen) atoms. The van der Waals surface area contributed by atoms with Gasteiger partial charge in [0, 0.05) is 11.1 Å². The Balaban J connectivity index is 1.95. The first kappa shape index (κ1) is 14.2. The number of hydrogen-bond acceptors (Lipinski definition) is 3. The maximum atomic E-state index is 7.53. The van der Waals surface area contributed by atoms with E-state index in [1.165, 1.54) is 19.4 Å². The van der Waals surface area contributed by atoms with E-state index in [2.05, 4.69) is 11.9 Å². The summed E-state index contributed by atoms with van der Waals surface area (Å²) >= 11 is 5.95. The van der Waals surface area contributed by atoms with Crippen molar-refractivity contribution in [3.05, 3.63) is 28.8 Å². The van der Waals surface area contributed by atoms with Crippen molar-refractivity contribution in [1.82, 2.24) is 4.90 Å². The van der Waals surface area contributed by atoms with Gasteiger partial charge in [-0.1, -0.05) is 11.6 Å². The fraction of sp³-hybridized carbons (Fsp3) is 0.500. The monoisotopic (exact) mass is 281 g/mol. The molecule has 3 N–H and O–H groups in total. The first-order valence-corrected chi connectivity index (χ1v) is 6.92. The van der Waals surface area contributed by atoms with E-state index in [-0.39, 0.29) is 5.84 Å². The largest absolute Gasteiger partial charge is 0.493 e. The highest BCUT2D eigenvalue weighted by atomic mass is 35.5. The highest BCUT2D eigenvalue weighted by Gasteiger charge is 2.20. The summed E-state index contributed by atoms with van der Waals surface area (Å²) in [6, 6.07) is 5.76. The van der Waals surface area contributed by atoms with E-state index in [1.54, 1.807) is 18.2 Å². The second-order valence-corrected chi connectivity index (χ2v) is 5.40. The summed E-state index contributed by atoms with van der Waals surface area (Å²) < 4.78 is 5.76. The first-order valence-electron chi connectivity index (χ1n) is 6.55. The maximum Gasteiger partial charge on any atom is 0.131 e. The second kappa shape index (κ2) is 6.26. The fourth-order valence-electron chi connectivity index (χ4n) is 2.49. The molecule has 1 aromatic rings. The maximum absolute atomic E-state index is 7.53. The molecule has 0 bridgehead atoms. The standard InChI is InChI=1S/C14H20ClN3O/c1-18-7-2-3-11(18)6-8-19-13-9-10(15)4-5-12(13)14(16)17/h4-5,9,11H,2-3,6-8H2,1H3,(H3,16,17). The van der Waals surface area contributed by atoms with Crippen LogP contribution in [-0.4, -0.2) is 37.0 Å². The van der Waals surface area contributed by atoms with Crippen LogP contribution in [0.1, 0.15) is 24.8 Å². The van der Waals surface area contributed by atoms with Crippen molar-refractivity contribution in [2.45, 2.75) is 25.3 Å². The van der Waals surface area contributed by atoms with E-state index in [0.29, 0.717) is 29.0 Å². The van der Waals surface area contributed by atoms with E-state index in [0.717, 1.165) is 6.42 Å². The molecule has 2 rings (SSSR count). The Morgan fingerprint density at radius 3 is 3.00 bits per heavy atom. The number of hydrogen-bond donors (Lipinski definition) is 2. The van der Waals surface area contributed by atoms with Crippen LogP contribution in [0.3, 0.4) is 0 Å². The molecule has 0 spiro atoms. The van der Waals surface area contributed by atoms with Crippen LogP contribution in [-0.2, 0) is 0 Å². The minimum atomic E-state index is 0.00431. The topological polar surface area (TPSA) is 62.3 Å². The third kappa shape index (κ3) is 3.61. The van der Waals surface area contributed by atoms with Gasteiger partial charge in [0.15, 0.2) is 0 Å². The van der Waals surface area contributed by atoms with E-state index >= 15 is 0 Å². The Labute approximate surface area is 119 Å². The summed E-state index contributed by atoms with van der Waals surface area (Å²) in [7, 11) is 2.15. The van der Waals surface area contributed by atoms with Gasteiger partial charge in [-0.05, 0) is 51.1 Å².